The number of carbonyl (C=O) groups excluding carboxylic acids is 2. The fraction of sp³-hybridized carbons (Fsp3) is 0. The first-order valence-electron chi connectivity index (χ1n) is 5.17. The third-order valence-electron chi connectivity index (χ3n) is 2.09. The molecule has 5 N–H and O–H groups in total. The van der Waals surface area contributed by atoms with Gasteiger partial charge in [-0.15, -0.1) is 0 Å². The second kappa shape index (κ2) is 6.95. The van der Waals surface area contributed by atoms with Crippen molar-refractivity contribution in [3.63, 3.8) is 0 Å². The number of nitrogens with two attached hydrogens (primary N) is 2. The molecule has 1 aromatic heterocycles. The van der Waals surface area contributed by atoms with Crippen LogP contribution in [0.1, 0.15) is 20.7 Å². The molecule has 0 atom stereocenters. The van der Waals surface area contributed by atoms with E-state index in [0.717, 1.165) is 31.0 Å². The van der Waals surface area contributed by atoms with Crippen molar-refractivity contribution >= 4 is 42.8 Å². The van der Waals surface area contributed by atoms with E-state index in [1.54, 1.807) is 18.3 Å². The first-order valence-corrected chi connectivity index (χ1v) is 6.17. The second-order valence-corrected chi connectivity index (χ2v) is 4.40. The van der Waals surface area contributed by atoms with E-state index in [1.165, 1.54) is 12.1 Å². The van der Waals surface area contributed by atoms with Gasteiger partial charge in [0.2, 0.25) is 11.8 Å². The number of imidazole rings is 1. The molecule has 0 spiro atoms. The fourth-order valence-electron chi connectivity index (χ4n) is 1.26. The number of carbonyl (C=O) groups is 2. The third-order valence-corrected chi connectivity index (χ3v) is 2.64. The van der Waals surface area contributed by atoms with E-state index in [9.17, 15) is 9.59 Å². The van der Waals surface area contributed by atoms with Gasteiger partial charge >= 0.3 is 53.4 Å². The summed E-state index contributed by atoms with van der Waals surface area (Å²) in [5.41, 5.74) is 10.3. The number of rotatable bonds is 2. The number of hydrogen-bond acceptors (Lipinski definition) is 3. The molecular formula is C11H11N4NaO2. The summed E-state index contributed by atoms with van der Waals surface area (Å²) in [6, 6.07) is 6.16. The van der Waals surface area contributed by atoms with Crippen LogP contribution in [0.3, 0.4) is 0 Å². The molecule has 0 aliphatic heterocycles. The number of hydrogen-bond donors (Lipinski definition) is 3. The van der Waals surface area contributed by atoms with Gasteiger partial charge < -0.3 is 11.5 Å². The van der Waals surface area contributed by atoms with Crippen molar-refractivity contribution in [1.29, 1.82) is 0 Å². The number of aromatic nitrogens is 2. The van der Waals surface area contributed by atoms with E-state index in [-0.39, 0.29) is 11.1 Å². The van der Waals surface area contributed by atoms with E-state index in [4.69, 9.17) is 11.5 Å². The minimum absolute atomic E-state index is 0.157. The Morgan fingerprint density at radius 2 is 1.61 bits per heavy atom. The van der Waals surface area contributed by atoms with Crippen molar-refractivity contribution in [2.24, 2.45) is 11.5 Å². The van der Waals surface area contributed by atoms with E-state index in [1.807, 2.05) is 6.20 Å². The molecule has 1 heterocycles. The Kier molecular flexibility index (Phi) is 5.57. The van der Waals surface area contributed by atoms with Gasteiger partial charge in [-0.1, -0.05) is 12.1 Å². The molecule has 6 nitrogen and oxygen atoms in total. The molecule has 0 unspecified atom stereocenters. The summed E-state index contributed by atoms with van der Waals surface area (Å²) < 4.78 is 1.11. The summed E-state index contributed by atoms with van der Waals surface area (Å²) in [6.45, 7) is 0. The first kappa shape index (κ1) is 14.4. The Bertz CT molecular complexity index is 507. The number of aromatic amines is 1. The van der Waals surface area contributed by atoms with E-state index < -0.39 is 11.8 Å². The second-order valence-electron chi connectivity index (χ2n) is 3.45. The Morgan fingerprint density at radius 1 is 1.11 bits per heavy atom. The zero-order chi connectivity index (χ0) is 13.5. The van der Waals surface area contributed by atoms with Crippen LogP contribution in [0.25, 0.3) is 0 Å². The molecule has 0 bridgehead atoms. The number of primary amides is 2. The van der Waals surface area contributed by atoms with Crippen molar-refractivity contribution in [2.45, 2.75) is 0 Å². The topological polar surface area (TPSA) is 115 Å². The minimum atomic E-state index is -0.649. The van der Waals surface area contributed by atoms with Crippen molar-refractivity contribution in [3.8, 4) is 0 Å². The normalized spacial score (nSPS) is 9.22. The Labute approximate surface area is 121 Å². The first-order chi connectivity index (χ1) is 8.52. The van der Waals surface area contributed by atoms with Crippen molar-refractivity contribution < 1.29 is 9.59 Å². The van der Waals surface area contributed by atoms with Crippen LogP contribution in [-0.4, -0.2) is 49.7 Å². The Morgan fingerprint density at radius 3 is 1.83 bits per heavy atom. The Balaban J connectivity index is 0.000000225. The number of nitrogens with one attached hydrogen (secondary N) is 1. The number of amides is 2. The number of nitrogens with zero attached hydrogens (tertiary/aromatic N) is 1. The molecule has 7 heteroatoms. The molecule has 0 aliphatic carbocycles. The van der Waals surface area contributed by atoms with Crippen LogP contribution in [0.2, 0.25) is 0 Å². The average Bonchev–Trinajstić information content (AvgIpc) is 2.81. The zero-order valence-electron chi connectivity index (χ0n) is 9.88. The molecule has 18 heavy (non-hydrogen) atoms. The quantitative estimate of drug-likeness (QED) is 0.602. The van der Waals surface area contributed by atoms with Gasteiger partial charge in [-0.25, -0.2) is 0 Å². The summed E-state index contributed by atoms with van der Waals surface area (Å²) in [5.74, 6) is -1.30. The fourth-order valence-corrected chi connectivity index (χ4v) is 1.57. The summed E-state index contributed by atoms with van der Waals surface area (Å²) in [7, 11) is 0. The van der Waals surface area contributed by atoms with Crippen LogP contribution in [0.4, 0.5) is 0 Å². The van der Waals surface area contributed by atoms with Gasteiger partial charge in [-0.3, -0.25) is 9.59 Å². The van der Waals surface area contributed by atoms with Crippen molar-refractivity contribution in [3.05, 3.63) is 47.8 Å². The van der Waals surface area contributed by atoms with Crippen LogP contribution in [-0.2, 0) is 0 Å². The molecule has 0 saturated heterocycles. The molecule has 0 aliphatic rings. The molecule has 0 saturated carbocycles. The predicted octanol–water partition coefficient (Wildman–Crippen LogP) is -0.912. The van der Waals surface area contributed by atoms with Crippen LogP contribution < -0.4 is 14.5 Å². The molecule has 2 rings (SSSR count). The summed E-state index contributed by atoms with van der Waals surface area (Å²) in [6.07, 6.45) is 3.60. The van der Waals surface area contributed by atoms with E-state index in [2.05, 4.69) is 9.97 Å². The standard InChI is InChI=1S/C8H8N2O2.C3H3N2.Na/c9-7(11)5-3-1-2-4-6(5)8(10)12;1-2-5-3-4-1;/h1-4H,(H2,9,11)(H2,10,12);1-2H,(H,4,5);. The molecule has 2 amide bonds. The number of benzene rings is 1. The summed E-state index contributed by atoms with van der Waals surface area (Å²) in [4.78, 5) is 28.4. The van der Waals surface area contributed by atoms with Gasteiger partial charge in [0.05, 0.1) is 11.1 Å². The average molecular weight is 254 g/mol. The van der Waals surface area contributed by atoms with Crippen LogP contribution in [0, 0.1) is 0 Å². The summed E-state index contributed by atoms with van der Waals surface area (Å²) in [5, 5.41) is 0. The van der Waals surface area contributed by atoms with Gasteiger partial charge in [-0.2, -0.15) is 0 Å². The molecule has 0 radical (unpaired) electrons. The van der Waals surface area contributed by atoms with Crippen LogP contribution in [0.15, 0.2) is 36.7 Å². The van der Waals surface area contributed by atoms with Gasteiger partial charge in [0.1, 0.15) is 0 Å². The van der Waals surface area contributed by atoms with Gasteiger partial charge in [0.25, 0.3) is 0 Å². The van der Waals surface area contributed by atoms with Crippen molar-refractivity contribution in [2.75, 3.05) is 0 Å². The van der Waals surface area contributed by atoms with Crippen LogP contribution >= 0.6 is 0 Å². The van der Waals surface area contributed by atoms with Gasteiger partial charge in [0.15, 0.2) is 0 Å². The maximum atomic E-state index is 10.7. The molecule has 88 valence electrons. The molecule has 1 aromatic carbocycles. The third kappa shape index (κ3) is 4.33. The van der Waals surface area contributed by atoms with Gasteiger partial charge in [0, 0.05) is 0 Å². The van der Waals surface area contributed by atoms with E-state index in [0.29, 0.717) is 0 Å². The Hall–Kier alpha value is -1.63. The summed E-state index contributed by atoms with van der Waals surface area (Å²) >= 11 is 1.03. The molecule has 2 aromatic rings. The maximum absolute atomic E-state index is 10.7. The molecular weight excluding hydrogens is 243 g/mol. The zero-order valence-corrected chi connectivity index (χ0v) is 11.9. The predicted molar refractivity (Wildman–Crippen MR) is 67.5 cm³/mol. The van der Waals surface area contributed by atoms with Crippen LogP contribution in [0.5, 0.6) is 0 Å². The SMILES string of the molecule is NC(=O)c1ccccc1C(N)=O.[Na][c]1ncc[nH]1. The van der Waals surface area contributed by atoms with E-state index >= 15 is 0 Å². The monoisotopic (exact) mass is 254 g/mol. The van der Waals surface area contributed by atoms with Crippen molar-refractivity contribution in [1.82, 2.24) is 9.97 Å². The number of H-pyrrole nitrogens is 1. The van der Waals surface area contributed by atoms with Gasteiger partial charge in [-0.05, 0) is 12.1 Å². The molecule has 0 fully saturated rings.